The highest BCUT2D eigenvalue weighted by Gasteiger charge is 2.23. The monoisotopic (exact) mass is 505 g/mol. The molecule has 174 valence electrons. The van der Waals surface area contributed by atoms with Crippen LogP contribution in [-0.4, -0.2) is 20.1 Å². The fourth-order valence-electron chi connectivity index (χ4n) is 3.20. The number of hydrogen-bond acceptors (Lipinski definition) is 4. The Kier molecular flexibility index (Phi) is 7.73. The molecule has 8 heteroatoms. The number of nitrogens with one attached hydrogen (secondary N) is 1. The van der Waals surface area contributed by atoms with Gasteiger partial charge in [0.1, 0.15) is 11.4 Å². The maximum absolute atomic E-state index is 12.4. The van der Waals surface area contributed by atoms with Crippen LogP contribution in [0.15, 0.2) is 71.6 Å². The molecule has 0 atom stereocenters. The van der Waals surface area contributed by atoms with Crippen LogP contribution in [0.3, 0.4) is 0 Å². The Hall–Kier alpha value is -2.54. The first-order valence-electron chi connectivity index (χ1n) is 10.4. The standard InChI is InChI=1S/C25H25Cl2NO4S/c1-4-33(30,31)21-12-5-17(6-13-21)15-24(29)28-19-8-10-20(11-9-19)32-25(2,3)18-7-14-22(26)23(27)16-18/h5-14,16H,4,15H2,1-3H3,(H,28,29). The van der Waals surface area contributed by atoms with Gasteiger partial charge in [-0.25, -0.2) is 8.42 Å². The number of carbonyl (C=O) groups is 1. The minimum Gasteiger partial charge on any atom is -0.483 e. The summed E-state index contributed by atoms with van der Waals surface area (Å²) < 4.78 is 29.9. The molecule has 0 unspecified atom stereocenters. The van der Waals surface area contributed by atoms with Gasteiger partial charge in [-0.3, -0.25) is 4.79 Å². The first-order valence-corrected chi connectivity index (χ1v) is 12.8. The van der Waals surface area contributed by atoms with Gasteiger partial charge in [0.15, 0.2) is 9.84 Å². The molecule has 0 aliphatic carbocycles. The van der Waals surface area contributed by atoms with Gasteiger partial charge in [0.25, 0.3) is 0 Å². The van der Waals surface area contributed by atoms with Gasteiger partial charge >= 0.3 is 0 Å². The van der Waals surface area contributed by atoms with Gasteiger partial charge in [-0.05, 0) is 73.5 Å². The number of benzene rings is 3. The van der Waals surface area contributed by atoms with E-state index in [1.54, 1.807) is 55.5 Å². The Morgan fingerprint density at radius 1 is 0.939 bits per heavy atom. The predicted octanol–water partition coefficient (Wildman–Crippen LogP) is 6.28. The lowest BCUT2D eigenvalue weighted by Crippen LogP contribution is -2.25. The molecule has 0 aliphatic rings. The minimum atomic E-state index is -3.26. The van der Waals surface area contributed by atoms with Crippen molar-refractivity contribution in [2.24, 2.45) is 0 Å². The van der Waals surface area contributed by atoms with Gasteiger partial charge in [0.2, 0.25) is 5.91 Å². The van der Waals surface area contributed by atoms with Crippen molar-refractivity contribution in [2.75, 3.05) is 11.1 Å². The largest absolute Gasteiger partial charge is 0.483 e. The third kappa shape index (κ3) is 6.50. The molecule has 0 aliphatic heterocycles. The second kappa shape index (κ2) is 10.2. The van der Waals surface area contributed by atoms with Gasteiger partial charge < -0.3 is 10.1 Å². The van der Waals surface area contributed by atoms with Crippen molar-refractivity contribution >= 4 is 44.6 Å². The predicted molar refractivity (Wildman–Crippen MR) is 133 cm³/mol. The van der Waals surface area contributed by atoms with Gasteiger partial charge in [-0.15, -0.1) is 0 Å². The Bertz CT molecular complexity index is 1240. The summed E-state index contributed by atoms with van der Waals surface area (Å²) in [5, 5.41) is 3.78. The number of rotatable bonds is 8. The first kappa shape index (κ1) is 25.1. The first-order chi connectivity index (χ1) is 15.5. The van der Waals surface area contributed by atoms with E-state index in [0.29, 0.717) is 21.5 Å². The van der Waals surface area contributed by atoms with Crippen LogP contribution in [0.2, 0.25) is 10.0 Å². The van der Waals surface area contributed by atoms with E-state index in [1.165, 1.54) is 12.1 Å². The molecule has 0 heterocycles. The van der Waals surface area contributed by atoms with Crippen molar-refractivity contribution in [2.45, 2.75) is 37.7 Å². The zero-order chi connectivity index (χ0) is 24.2. The van der Waals surface area contributed by atoms with Crippen molar-refractivity contribution < 1.29 is 17.9 Å². The van der Waals surface area contributed by atoms with Crippen LogP contribution in [0.1, 0.15) is 31.9 Å². The lowest BCUT2D eigenvalue weighted by atomic mass is 9.98. The van der Waals surface area contributed by atoms with E-state index < -0.39 is 15.4 Å². The molecule has 3 aromatic carbocycles. The molecule has 1 amide bonds. The third-order valence-electron chi connectivity index (χ3n) is 5.15. The molecular weight excluding hydrogens is 481 g/mol. The Labute approximate surface area is 204 Å². The molecule has 5 nitrogen and oxygen atoms in total. The van der Waals surface area contributed by atoms with Crippen molar-refractivity contribution in [3.63, 3.8) is 0 Å². The van der Waals surface area contributed by atoms with Crippen molar-refractivity contribution in [3.8, 4) is 5.75 Å². The SMILES string of the molecule is CCS(=O)(=O)c1ccc(CC(=O)Nc2ccc(OC(C)(C)c3ccc(Cl)c(Cl)c3)cc2)cc1. The zero-order valence-corrected chi connectivity index (χ0v) is 20.9. The molecule has 3 aromatic rings. The molecular formula is C25H25Cl2NO4S. The van der Waals surface area contributed by atoms with Gasteiger partial charge in [-0.2, -0.15) is 0 Å². The summed E-state index contributed by atoms with van der Waals surface area (Å²) in [6.07, 6.45) is 0.134. The van der Waals surface area contributed by atoms with E-state index in [4.69, 9.17) is 27.9 Å². The number of halogens is 2. The van der Waals surface area contributed by atoms with E-state index in [-0.39, 0.29) is 23.0 Å². The molecule has 0 saturated carbocycles. The molecule has 1 N–H and O–H groups in total. The van der Waals surface area contributed by atoms with Gasteiger partial charge in [0, 0.05) is 5.69 Å². The molecule has 0 spiro atoms. The highest BCUT2D eigenvalue weighted by Crippen LogP contribution is 2.32. The molecule has 0 radical (unpaired) electrons. The maximum atomic E-state index is 12.4. The number of amides is 1. The van der Waals surface area contributed by atoms with Crippen LogP contribution < -0.4 is 10.1 Å². The van der Waals surface area contributed by atoms with Crippen LogP contribution >= 0.6 is 23.2 Å². The molecule has 0 bridgehead atoms. The number of sulfone groups is 1. The number of carbonyl (C=O) groups excluding carboxylic acids is 1. The van der Waals surface area contributed by atoms with Gasteiger partial charge in [-0.1, -0.05) is 48.3 Å². The van der Waals surface area contributed by atoms with Crippen molar-refractivity contribution in [1.82, 2.24) is 0 Å². The second-order valence-electron chi connectivity index (χ2n) is 8.04. The average Bonchev–Trinajstić information content (AvgIpc) is 2.77. The van der Waals surface area contributed by atoms with E-state index >= 15 is 0 Å². The summed E-state index contributed by atoms with van der Waals surface area (Å²) >= 11 is 12.1. The van der Waals surface area contributed by atoms with Crippen LogP contribution in [-0.2, 0) is 26.7 Å². The summed E-state index contributed by atoms with van der Waals surface area (Å²) in [5.74, 6) is 0.472. The fourth-order valence-corrected chi connectivity index (χ4v) is 4.38. The maximum Gasteiger partial charge on any atom is 0.228 e. The summed E-state index contributed by atoms with van der Waals surface area (Å²) in [7, 11) is -3.26. The summed E-state index contributed by atoms with van der Waals surface area (Å²) in [6.45, 7) is 5.46. The molecule has 33 heavy (non-hydrogen) atoms. The lowest BCUT2D eigenvalue weighted by Gasteiger charge is -2.27. The quantitative estimate of drug-likeness (QED) is 0.390. The van der Waals surface area contributed by atoms with E-state index in [2.05, 4.69) is 5.32 Å². The highest BCUT2D eigenvalue weighted by molar-refractivity contribution is 7.91. The van der Waals surface area contributed by atoms with Crippen molar-refractivity contribution in [1.29, 1.82) is 0 Å². The fraction of sp³-hybridized carbons (Fsp3) is 0.240. The van der Waals surface area contributed by atoms with Crippen molar-refractivity contribution in [3.05, 3.63) is 87.9 Å². The topological polar surface area (TPSA) is 72.5 Å². The molecule has 0 aromatic heterocycles. The lowest BCUT2D eigenvalue weighted by molar-refractivity contribution is -0.115. The second-order valence-corrected chi connectivity index (χ2v) is 11.1. The summed E-state index contributed by atoms with van der Waals surface area (Å²) in [6, 6.07) is 18.8. The number of hydrogen-bond donors (Lipinski definition) is 1. The van der Waals surface area contributed by atoms with E-state index in [9.17, 15) is 13.2 Å². The smallest absolute Gasteiger partial charge is 0.228 e. The average molecular weight is 506 g/mol. The Morgan fingerprint density at radius 2 is 1.58 bits per heavy atom. The van der Waals surface area contributed by atoms with E-state index in [1.807, 2.05) is 19.9 Å². The zero-order valence-electron chi connectivity index (χ0n) is 18.6. The Morgan fingerprint density at radius 3 is 2.15 bits per heavy atom. The van der Waals surface area contributed by atoms with E-state index in [0.717, 1.165) is 11.1 Å². The van der Waals surface area contributed by atoms with Crippen LogP contribution in [0.5, 0.6) is 5.75 Å². The Balaban J connectivity index is 1.61. The van der Waals surface area contributed by atoms with Gasteiger partial charge in [0.05, 0.1) is 27.1 Å². The minimum absolute atomic E-state index is 0.0389. The number of ether oxygens (including phenoxy) is 1. The van der Waals surface area contributed by atoms with Crippen LogP contribution in [0.25, 0.3) is 0 Å². The summed E-state index contributed by atoms with van der Waals surface area (Å²) in [5.41, 5.74) is 1.60. The summed E-state index contributed by atoms with van der Waals surface area (Å²) in [4.78, 5) is 12.7. The number of anilines is 1. The third-order valence-corrected chi connectivity index (χ3v) is 7.64. The molecule has 0 fully saturated rings. The highest BCUT2D eigenvalue weighted by atomic mass is 35.5. The molecule has 0 saturated heterocycles. The normalized spacial score (nSPS) is 11.8. The van der Waals surface area contributed by atoms with Crippen LogP contribution in [0, 0.1) is 0 Å². The van der Waals surface area contributed by atoms with Crippen LogP contribution in [0.4, 0.5) is 5.69 Å². The molecule has 3 rings (SSSR count).